The van der Waals surface area contributed by atoms with Crippen molar-refractivity contribution in [3.8, 4) is 5.75 Å². The lowest BCUT2D eigenvalue weighted by atomic mass is 9.96. The molecular weight excluding hydrogens is 400 g/mol. The van der Waals surface area contributed by atoms with E-state index in [0.717, 1.165) is 31.2 Å². The van der Waals surface area contributed by atoms with E-state index in [2.05, 4.69) is 10.0 Å². The maximum Gasteiger partial charge on any atom is 0.265 e. The van der Waals surface area contributed by atoms with Crippen molar-refractivity contribution in [2.45, 2.75) is 69.4 Å². The van der Waals surface area contributed by atoms with E-state index >= 15 is 0 Å². The fourth-order valence-electron chi connectivity index (χ4n) is 3.55. The highest BCUT2D eigenvalue weighted by Gasteiger charge is 2.22. The summed E-state index contributed by atoms with van der Waals surface area (Å²) in [7, 11) is -3.56. The van der Waals surface area contributed by atoms with Crippen LogP contribution in [0.15, 0.2) is 53.4 Å². The van der Waals surface area contributed by atoms with Crippen molar-refractivity contribution in [3.05, 3.63) is 54.1 Å². The number of nitrogens with one attached hydrogen (secondary N) is 2. The minimum atomic E-state index is -3.56. The van der Waals surface area contributed by atoms with Crippen LogP contribution in [0.25, 0.3) is 0 Å². The number of ether oxygens (including phenoxy) is 1. The molecule has 2 aromatic carbocycles. The Morgan fingerprint density at radius 1 is 1.03 bits per heavy atom. The Morgan fingerprint density at radius 2 is 1.67 bits per heavy atom. The predicted octanol–water partition coefficient (Wildman–Crippen LogP) is 4.40. The van der Waals surface area contributed by atoms with Gasteiger partial charge in [-0.1, -0.05) is 43.9 Å². The Kier molecular flexibility index (Phi) is 7.50. The van der Waals surface area contributed by atoms with Gasteiger partial charge < -0.3 is 10.1 Å². The SMILES string of the molecule is CCC(Oc1ccc(C)cc1)C(=O)Nc1ccc(S(=O)(=O)NC2CCCCC2)cc1. The van der Waals surface area contributed by atoms with Gasteiger partial charge in [-0.3, -0.25) is 4.79 Å². The first-order chi connectivity index (χ1) is 14.4. The highest BCUT2D eigenvalue weighted by molar-refractivity contribution is 7.89. The molecule has 0 aliphatic heterocycles. The minimum Gasteiger partial charge on any atom is -0.481 e. The normalized spacial score (nSPS) is 16.1. The minimum absolute atomic E-state index is 0.00682. The van der Waals surface area contributed by atoms with Crippen LogP contribution in [0.1, 0.15) is 51.0 Å². The summed E-state index contributed by atoms with van der Waals surface area (Å²) in [5.74, 6) is 0.367. The summed E-state index contributed by atoms with van der Waals surface area (Å²) in [5, 5.41) is 2.81. The lowest BCUT2D eigenvalue weighted by molar-refractivity contribution is -0.122. The third kappa shape index (κ3) is 6.06. The number of aryl methyl sites for hydroxylation is 1. The van der Waals surface area contributed by atoms with E-state index in [4.69, 9.17) is 4.74 Å². The number of amides is 1. The number of rotatable bonds is 8. The fraction of sp³-hybridized carbons (Fsp3) is 0.435. The highest BCUT2D eigenvalue weighted by Crippen LogP contribution is 2.21. The third-order valence-corrected chi connectivity index (χ3v) is 6.86. The van der Waals surface area contributed by atoms with Gasteiger partial charge in [0.2, 0.25) is 10.0 Å². The van der Waals surface area contributed by atoms with E-state index in [1.807, 2.05) is 38.1 Å². The van der Waals surface area contributed by atoms with Gasteiger partial charge in [-0.2, -0.15) is 0 Å². The number of hydrogen-bond acceptors (Lipinski definition) is 4. The van der Waals surface area contributed by atoms with Crippen molar-refractivity contribution in [2.24, 2.45) is 0 Å². The molecule has 0 spiro atoms. The van der Waals surface area contributed by atoms with Gasteiger partial charge in [-0.15, -0.1) is 0 Å². The molecule has 1 atom stereocenters. The second-order valence-corrected chi connectivity index (χ2v) is 9.51. The van der Waals surface area contributed by atoms with Crippen LogP contribution in [0.3, 0.4) is 0 Å². The molecule has 0 aromatic heterocycles. The van der Waals surface area contributed by atoms with Crippen LogP contribution in [0.2, 0.25) is 0 Å². The van der Waals surface area contributed by atoms with E-state index in [0.29, 0.717) is 17.9 Å². The standard InChI is InChI=1S/C23H30N2O4S/c1-3-22(29-20-13-9-17(2)10-14-20)23(26)24-18-11-15-21(16-12-18)30(27,28)25-19-7-5-4-6-8-19/h9-16,19,22,25H,3-8H2,1-2H3,(H,24,26). The Labute approximate surface area is 179 Å². The van der Waals surface area contributed by atoms with E-state index in [1.165, 1.54) is 18.6 Å². The molecule has 6 nitrogen and oxygen atoms in total. The molecular formula is C23H30N2O4S. The van der Waals surface area contributed by atoms with Crippen LogP contribution >= 0.6 is 0 Å². The predicted molar refractivity (Wildman–Crippen MR) is 118 cm³/mol. The Balaban J connectivity index is 1.60. The zero-order valence-corrected chi connectivity index (χ0v) is 18.4. The summed E-state index contributed by atoms with van der Waals surface area (Å²) >= 11 is 0. The zero-order chi connectivity index (χ0) is 21.6. The summed E-state index contributed by atoms with van der Waals surface area (Å²) in [5.41, 5.74) is 1.65. The summed E-state index contributed by atoms with van der Waals surface area (Å²) < 4.78 is 33.8. The van der Waals surface area contributed by atoms with E-state index < -0.39 is 16.1 Å². The van der Waals surface area contributed by atoms with Gasteiger partial charge in [-0.25, -0.2) is 13.1 Å². The number of anilines is 1. The summed E-state index contributed by atoms with van der Waals surface area (Å²) in [6.45, 7) is 3.87. The fourth-order valence-corrected chi connectivity index (χ4v) is 4.86. The van der Waals surface area contributed by atoms with Crippen LogP contribution in [0.4, 0.5) is 5.69 Å². The molecule has 1 saturated carbocycles. The Morgan fingerprint density at radius 3 is 2.27 bits per heavy atom. The first-order valence-electron chi connectivity index (χ1n) is 10.5. The van der Waals surface area contributed by atoms with Crippen LogP contribution in [0.5, 0.6) is 5.75 Å². The van der Waals surface area contributed by atoms with Gasteiger partial charge in [0.25, 0.3) is 5.91 Å². The topological polar surface area (TPSA) is 84.5 Å². The lowest BCUT2D eigenvalue weighted by Gasteiger charge is -2.22. The van der Waals surface area contributed by atoms with E-state index in [1.54, 1.807) is 12.1 Å². The van der Waals surface area contributed by atoms with Gasteiger partial charge in [0, 0.05) is 11.7 Å². The maximum atomic E-state index is 12.6. The average Bonchev–Trinajstić information content (AvgIpc) is 2.74. The highest BCUT2D eigenvalue weighted by atomic mass is 32.2. The van der Waals surface area contributed by atoms with Gasteiger partial charge in [-0.05, 0) is 62.6 Å². The van der Waals surface area contributed by atoms with E-state index in [-0.39, 0.29) is 16.8 Å². The molecule has 2 N–H and O–H groups in total. The van der Waals surface area contributed by atoms with Crippen molar-refractivity contribution in [3.63, 3.8) is 0 Å². The number of benzene rings is 2. The quantitative estimate of drug-likeness (QED) is 0.650. The smallest absolute Gasteiger partial charge is 0.265 e. The van der Waals surface area contributed by atoms with Crippen molar-refractivity contribution >= 4 is 21.6 Å². The molecule has 0 saturated heterocycles. The van der Waals surface area contributed by atoms with Gasteiger partial charge >= 0.3 is 0 Å². The van der Waals surface area contributed by atoms with Crippen molar-refractivity contribution in [1.29, 1.82) is 0 Å². The number of carbonyl (C=O) groups excluding carboxylic acids is 1. The van der Waals surface area contributed by atoms with Gasteiger partial charge in [0.05, 0.1) is 4.90 Å². The Bertz CT molecular complexity index is 934. The molecule has 7 heteroatoms. The Hall–Kier alpha value is -2.38. The molecule has 30 heavy (non-hydrogen) atoms. The summed E-state index contributed by atoms with van der Waals surface area (Å²) in [4.78, 5) is 12.8. The monoisotopic (exact) mass is 430 g/mol. The molecule has 1 unspecified atom stereocenters. The zero-order valence-electron chi connectivity index (χ0n) is 17.6. The average molecular weight is 431 g/mol. The third-order valence-electron chi connectivity index (χ3n) is 5.32. The first-order valence-corrected chi connectivity index (χ1v) is 12.0. The summed E-state index contributed by atoms with van der Waals surface area (Å²) in [6.07, 6.45) is 4.92. The summed E-state index contributed by atoms with van der Waals surface area (Å²) in [6, 6.07) is 13.8. The second kappa shape index (κ2) is 10.1. The molecule has 0 heterocycles. The van der Waals surface area contributed by atoms with Crippen LogP contribution in [0, 0.1) is 6.92 Å². The largest absolute Gasteiger partial charge is 0.481 e. The molecule has 3 rings (SSSR count). The number of sulfonamides is 1. The van der Waals surface area contributed by atoms with Crippen molar-refractivity contribution < 1.29 is 17.9 Å². The van der Waals surface area contributed by atoms with Gasteiger partial charge in [0.1, 0.15) is 5.75 Å². The molecule has 0 radical (unpaired) electrons. The van der Waals surface area contributed by atoms with Crippen LogP contribution < -0.4 is 14.8 Å². The number of carbonyl (C=O) groups is 1. The molecule has 2 aromatic rings. The van der Waals surface area contributed by atoms with Crippen LogP contribution in [-0.4, -0.2) is 26.5 Å². The van der Waals surface area contributed by atoms with E-state index in [9.17, 15) is 13.2 Å². The van der Waals surface area contributed by atoms with Crippen LogP contribution in [-0.2, 0) is 14.8 Å². The molecule has 0 bridgehead atoms. The first kappa shape index (κ1) is 22.3. The molecule has 162 valence electrons. The van der Waals surface area contributed by atoms with Crippen molar-refractivity contribution in [2.75, 3.05) is 5.32 Å². The molecule has 1 aliphatic rings. The number of hydrogen-bond donors (Lipinski definition) is 2. The molecule has 1 aliphatic carbocycles. The maximum absolute atomic E-state index is 12.6. The molecule has 1 amide bonds. The van der Waals surface area contributed by atoms with Crippen molar-refractivity contribution in [1.82, 2.24) is 4.72 Å². The molecule has 1 fully saturated rings. The lowest BCUT2D eigenvalue weighted by Crippen LogP contribution is -2.36. The second-order valence-electron chi connectivity index (χ2n) is 7.80. The van der Waals surface area contributed by atoms with Gasteiger partial charge in [0.15, 0.2) is 6.10 Å².